The Hall–Kier alpha value is -2.26. The monoisotopic (exact) mass is 366 g/mol. The van der Waals surface area contributed by atoms with Crippen molar-refractivity contribution in [3.8, 4) is 10.6 Å². The van der Waals surface area contributed by atoms with E-state index in [-0.39, 0.29) is 15.4 Å². The van der Waals surface area contributed by atoms with Gasteiger partial charge in [0.2, 0.25) is 5.13 Å². The second kappa shape index (κ2) is 6.70. The van der Waals surface area contributed by atoms with Gasteiger partial charge in [-0.3, -0.25) is 10.1 Å². The van der Waals surface area contributed by atoms with Crippen LogP contribution in [0.5, 0.6) is 0 Å². The van der Waals surface area contributed by atoms with Gasteiger partial charge in [0.25, 0.3) is 5.91 Å². The Kier molecular flexibility index (Phi) is 4.63. The van der Waals surface area contributed by atoms with Gasteiger partial charge in [-0.1, -0.05) is 24.3 Å². The molecule has 0 fully saturated rings. The molecule has 1 aromatic carbocycles. The van der Waals surface area contributed by atoms with Gasteiger partial charge in [0.05, 0.1) is 11.3 Å². The van der Waals surface area contributed by atoms with Crippen LogP contribution in [-0.2, 0) is 6.42 Å². The maximum atomic E-state index is 13.9. The van der Waals surface area contributed by atoms with E-state index in [4.69, 9.17) is 0 Å². The second-order valence-electron chi connectivity index (χ2n) is 4.84. The Morgan fingerprint density at radius 3 is 2.54 bits per heavy atom. The number of nitrogens with one attached hydrogen (secondary N) is 1. The number of aryl methyl sites for hydroxylation is 2. The third-order valence-electron chi connectivity index (χ3n) is 3.17. The molecule has 0 aliphatic carbocycles. The molecule has 0 bridgehead atoms. The number of hydrogen-bond acceptors (Lipinski definition) is 6. The van der Waals surface area contributed by atoms with Crippen LogP contribution >= 0.6 is 22.7 Å². The zero-order valence-electron chi connectivity index (χ0n) is 12.8. The predicted molar refractivity (Wildman–Crippen MR) is 89.4 cm³/mol. The average molecular weight is 366 g/mol. The Morgan fingerprint density at radius 1 is 1.21 bits per heavy atom. The van der Waals surface area contributed by atoms with Crippen LogP contribution in [0.1, 0.15) is 27.3 Å². The van der Waals surface area contributed by atoms with Crippen molar-refractivity contribution in [1.82, 2.24) is 15.2 Å². The van der Waals surface area contributed by atoms with Gasteiger partial charge in [-0.25, -0.2) is 13.8 Å². The lowest BCUT2D eigenvalue weighted by atomic mass is 10.2. The van der Waals surface area contributed by atoms with Crippen LogP contribution < -0.4 is 5.32 Å². The first-order chi connectivity index (χ1) is 11.5. The minimum Gasteiger partial charge on any atom is -0.296 e. The highest BCUT2D eigenvalue weighted by Crippen LogP contribution is 2.32. The molecule has 3 rings (SSSR count). The summed E-state index contributed by atoms with van der Waals surface area (Å²) < 4.78 is 27.8. The third-order valence-corrected chi connectivity index (χ3v) is 5.33. The van der Waals surface area contributed by atoms with Crippen molar-refractivity contribution in [2.75, 3.05) is 5.32 Å². The fourth-order valence-electron chi connectivity index (χ4n) is 2.02. The van der Waals surface area contributed by atoms with Gasteiger partial charge in [-0.2, -0.15) is 0 Å². The lowest BCUT2D eigenvalue weighted by Crippen LogP contribution is -2.11. The summed E-state index contributed by atoms with van der Waals surface area (Å²) in [6, 6.07) is 3.59. The Bertz CT molecular complexity index is 887. The standard InChI is InChI=1S/C15H12F2N4OS2/c1-3-10-20-21-15(23-10)19-13(22)12-7(2)18-14(24-12)11-8(16)5-4-6-9(11)17/h4-6H,3H2,1-2H3,(H,19,21,22). The number of hydrogen-bond donors (Lipinski definition) is 1. The summed E-state index contributed by atoms with van der Waals surface area (Å²) in [6.07, 6.45) is 0.726. The number of nitrogens with zero attached hydrogens (tertiary/aromatic N) is 3. The minimum absolute atomic E-state index is 0.125. The van der Waals surface area contributed by atoms with Crippen molar-refractivity contribution in [1.29, 1.82) is 0 Å². The fraction of sp³-hybridized carbons (Fsp3) is 0.200. The van der Waals surface area contributed by atoms with Crippen LogP contribution in [0.25, 0.3) is 10.6 Å². The van der Waals surface area contributed by atoms with Gasteiger partial charge < -0.3 is 0 Å². The number of anilines is 1. The van der Waals surface area contributed by atoms with Gasteiger partial charge in [0.1, 0.15) is 26.5 Å². The van der Waals surface area contributed by atoms with Gasteiger partial charge in [0, 0.05) is 0 Å². The zero-order valence-corrected chi connectivity index (χ0v) is 14.4. The Balaban J connectivity index is 1.90. The Morgan fingerprint density at radius 2 is 1.92 bits per heavy atom. The van der Waals surface area contributed by atoms with Crippen LogP contribution in [-0.4, -0.2) is 21.1 Å². The van der Waals surface area contributed by atoms with Crippen molar-refractivity contribution in [2.24, 2.45) is 0 Å². The minimum atomic E-state index is -0.715. The molecule has 9 heteroatoms. The lowest BCUT2D eigenvalue weighted by molar-refractivity contribution is 0.102. The lowest BCUT2D eigenvalue weighted by Gasteiger charge is -2.00. The molecule has 0 unspecified atom stereocenters. The van der Waals surface area contributed by atoms with E-state index in [0.717, 1.165) is 34.9 Å². The molecule has 2 heterocycles. The zero-order chi connectivity index (χ0) is 17.3. The van der Waals surface area contributed by atoms with E-state index in [1.807, 2.05) is 6.92 Å². The van der Waals surface area contributed by atoms with Crippen molar-refractivity contribution >= 4 is 33.7 Å². The first-order valence-corrected chi connectivity index (χ1v) is 8.68. The SMILES string of the molecule is CCc1nnc(NC(=O)c2sc(-c3c(F)cccc3F)nc2C)s1. The molecule has 0 saturated heterocycles. The van der Waals surface area contributed by atoms with E-state index in [2.05, 4.69) is 20.5 Å². The molecule has 2 aromatic heterocycles. The highest BCUT2D eigenvalue weighted by molar-refractivity contribution is 7.17. The number of benzene rings is 1. The molecule has 124 valence electrons. The summed E-state index contributed by atoms with van der Waals surface area (Å²) in [6.45, 7) is 3.56. The summed E-state index contributed by atoms with van der Waals surface area (Å²) in [5, 5.41) is 11.7. The molecular weight excluding hydrogens is 354 g/mol. The number of halogens is 2. The van der Waals surface area contributed by atoms with Gasteiger partial charge in [-0.05, 0) is 25.5 Å². The normalized spacial score (nSPS) is 10.8. The molecule has 0 saturated carbocycles. The highest BCUT2D eigenvalue weighted by atomic mass is 32.1. The number of carbonyl (C=O) groups excluding carboxylic acids is 1. The van der Waals surface area contributed by atoms with Crippen LogP contribution in [0, 0.1) is 18.6 Å². The average Bonchev–Trinajstić information content (AvgIpc) is 3.13. The van der Waals surface area contributed by atoms with Crippen LogP contribution in [0.15, 0.2) is 18.2 Å². The largest absolute Gasteiger partial charge is 0.296 e. The summed E-state index contributed by atoms with van der Waals surface area (Å²) in [7, 11) is 0. The highest BCUT2D eigenvalue weighted by Gasteiger charge is 2.21. The molecule has 5 nitrogen and oxygen atoms in total. The molecule has 1 amide bonds. The van der Waals surface area contributed by atoms with E-state index in [0.29, 0.717) is 10.8 Å². The van der Waals surface area contributed by atoms with Crippen LogP contribution in [0.4, 0.5) is 13.9 Å². The van der Waals surface area contributed by atoms with E-state index in [1.165, 1.54) is 17.4 Å². The summed E-state index contributed by atoms with van der Waals surface area (Å²) in [5.74, 6) is -1.85. The van der Waals surface area contributed by atoms with Gasteiger partial charge in [-0.15, -0.1) is 21.5 Å². The smallest absolute Gasteiger partial charge is 0.269 e. The number of aromatic nitrogens is 3. The second-order valence-corrected chi connectivity index (χ2v) is 6.90. The summed E-state index contributed by atoms with van der Waals surface area (Å²) in [4.78, 5) is 16.8. The summed E-state index contributed by atoms with van der Waals surface area (Å²) >= 11 is 2.21. The summed E-state index contributed by atoms with van der Waals surface area (Å²) in [5.41, 5.74) is 0.171. The van der Waals surface area contributed by atoms with Gasteiger partial charge >= 0.3 is 0 Å². The molecule has 24 heavy (non-hydrogen) atoms. The van der Waals surface area contributed by atoms with E-state index in [9.17, 15) is 13.6 Å². The van der Waals surface area contributed by atoms with Crippen molar-refractivity contribution in [2.45, 2.75) is 20.3 Å². The quantitative estimate of drug-likeness (QED) is 0.756. The molecule has 0 atom stereocenters. The van der Waals surface area contributed by atoms with Crippen LogP contribution in [0.2, 0.25) is 0 Å². The van der Waals surface area contributed by atoms with Crippen LogP contribution in [0.3, 0.4) is 0 Å². The first kappa shape index (κ1) is 16.6. The van der Waals surface area contributed by atoms with E-state index in [1.54, 1.807) is 6.92 Å². The molecule has 0 radical (unpaired) electrons. The van der Waals surface area contributed by atoms with Crippen molar-refractivity contribution < 1.29 is 13.6 Å². The molecule has 0 aliphatic heterocycles. The van der Waals surface area contributed by atoms with E-state index >= 15 is 0 Å². The van der Waals surface area contributed by atoms with Crippen molar-refractivity contribution in [3.63, 3.8) is 0 Å². The number of amides is 1. The molecule has 3 aromatic rings. The van der Waals surface area contributed by atoms with Gasteiger partial charge in [0.15, 0.2) is 0 Å². The van der Waals surface area contributed by atoms with Crippen molar-refractivity contribution in [3.05, 3.63) is 45.4 Å². The fourth-order valence-corrected chi connectivity index (χ4v) is 3.70. The molecule has 1 N–H and O–H groups in total. The molecular formula is C15H12F2N4OS2. The maximum Gasteiger partial charge on any atom is 0.269 e. The molecule has 0 spiro atoms. The number of rotatable bonds is 4. The predicted octanol–water partition coefficient (Wildman–Crippen LogP) is 4.06. The number of thiazole rings is 1. The van der Waals surface area contributed by atoms with E-state index < -0.39 is 17.5 Å². The third kappa shape index (κ3) is 3.17. The molecule has 0 aliphatic rings. The first-order valence-electron chi connectivity index (χ1n) is 7.05. The maximum absolute atomic E-state index is 13.9. The topological polar surface area (TPSA) is 67.8 Å². The Labute approximate surface area is 144 Å². The number of carbonyl (C=O) groups is 1.